The first kappa shape index (κ1) is 8.46. The zero-order chi connectivity index (χ0) is 10.5. The van der Waals surface area contributed by atoms with Crippen molar-refractivity contribution in [2.45, 2.75) is 10.1 Å². The van der Waals surface area contributed by atoms with Crippen LogP contribution in [-0.4, -0.2) is 35.0 Å². The first-order valence-electron chi connectivity index (χ1n) is 6.33. The van der Waals surface area contributed by atoms with Gasteiger partial charge in [0.15, 0.2) is 5.79 Å². The topological polar surface area (TPSA) is 38.7 Å². The summed E-state index contributed by atoms with van der Waals surface area (Å²) in [6.07, 6.45) is 0. The molecule has 1 heterocycles. The van der Waals surface area contributed by atoms with Crippen molar-refractivity contribution in [2.24, 2.45) is 40.9 Å². The normalized spacial score (nSPS) is 77.6. The molecule has 0 unspecified atom stereocenters. The van der Waals surface area contributed by atoms with E-state index in [1.807, 2.05) is 0 Å². The summed E-state index contributed by atoms with van der Waals surface area (Å²) in [5.74, 6) is 3.92. The van der Waals surface area contributed by atoms with Gasteiger partial charge in [-0.2, -0.15) is 0 Å². The van der Waals surface area contributed by atoms with Crippen LogP contribution in [0.25, 0.3) is 0 Å². The molecule has 2 bridgehead atoms. The van der Waals surface area contributed by atoms with E-state index >= 15 is 0 Å². The lowest BCUT2D eigenvalue weighted by atomic mass is 9.94. The van der Waals surface area contributed by atoms with Crippen LogP contribution in [0.4, 0.5) is 0 Å². The van der Waals surface area contributed by atoms with E-state index in [0.29, 0.717) is 24.4 Å². The molecule has 6 saturated carbocycles. The summed E-state index contributed by atoms with van der Waals surface area (Å²) >= 11 is 4.02. The average molecular weight is 285 g/mol. The maximum absolute atomic E-state index is 9.74. The number of hydrogen-bond acceptors (Lipinski definition) is 3. The Morgan fingerprint density at radius 2 is 1.88 bits per heavy atom. The third-order valence-electron chi connectivity index (χ3n) is 6.85. The predicted molar refractivity (Wildman–Crippen MR) is 56.8 cm³/mol. The second-order valence-electron chi connectivity index (χ2n) is 6.56. The lowest BCUT2D eigenvalue weighted by Crippen LogP contribution is -2.50. The Balaban J connectivity index is 1.63. The molecule has 1 N–H and O–H groups in total. The summed E-state index contributed by atoms with van der Waals surface area (Å²) in [4.78, 5) is 0. The molecule has 8 atom stereocenters. The van der Waals surface area contributed by atoms with Crippen LogP contribution < -0.4 is 0 Å². The van der Waals surface area contributed by atoms with Gasteiger partial charge in [-0.15, -0.1) is 0 Å². The van der Waals surface area contributed by atoms with Crippen LogP contribution in [0.5, 0.6) is 0 Å². The highest BCUT2D eigenvalue weighted by Crippen LogP contribution is 3.04. The van der Waals surface area contributed by atoms with Gasteiger partial charge in [0.1, 0.15) is 0 Å². The summed E-state index contributed by atoms with van der Waals surface area (Å²) in [5, 5.41) is 9.74. The van der Waals surface area contributed by atoms with Crippen LogP contribution in [0, 0.1) is 40.9 Å². The fourth-order valence-corrected chi connectivity index (χ4v) is 8.71. The highest BCUT2D eigenvalue weighted by molar-refractivity contribution is 9.10. The van der Waals surface area contributed by atoms with Crippen molar-refractivity contribution >= 4 is 15.9 Å². The first-order chi connectivity index (χ1) is 7.75. The molecule has 1 spiro atoms. The maximum Gasteiger partial charge on any atom is 0.187 e. The Kier molecular flexibility index (Phi) is 0.979. The van der Waals surface area contributed by atoms with Gasteiger partial charge in [0.25, 0.3) is 0 Å². The second-order valence-corrected chi connectivity index (χ2v) is 7.87. The Bertz CT molecular complexity index is 448. The number of aliphatic hydroxyl groups excluding tert-OH is 1. The molecule has 0 amide bonds. The standard InChI is InChI=1S/C12H13BrO3/c13-11-6-4-5(6)10(3-14)8(9(10)11)7(4)12(11)15-1-2-16-12/h4-9,14H,1-3H2/t4-,5+,6-,7-,8+,9+,10-,11-/m0/s1. The number of rotatable bonds is 1. The second kappa shape index (κ2) is 1.85. The molecule has 1 saturated heterocycles. The molecule has 0 radical (unpaired) electrons. The van der Waals surface area contributed by atoms with Gasteiger partial charge >= 0.3 is 0 Å². The average Bonchev–Trinajstić information content (AvgIpc) is 2.97. The molecule has 7 rings (SSSR count). The summed E-state index contributed by atoms with van der Waals surface area (Å²) in [6, 6.07) is 0. The van der Waals surface area contributed by atoms with Crippen LogP contribution in [0.1, 0.15) is 0 Å². The van der Waals surface area contributed by atoms with Crippen molar-refractivity contribution in [1.82, 2.24) is 0 Å². The summed E-state index contributed by atoms with van der Waals surface area (Å²) in [7, 11) is 0. The number of halogens is 1. The minimum absolute atomic E-state index is 0.0594. The van der Waals surface area contributed by atoms with Crippen molar-refractivity contribution in [1.29, 1.82) is 0 Å². The van der Waals surface area contributed by atoms with E-state index in [-0.39, 0.29) is 15.5 Å². The molecule has 16 heavy (non-hydrogen) atoms. The number of hydrogen-bond donors (Lipinski definition) is 1. The molecule has 0 aromatic rings. The van der Waals surface area contributed by atoms with Gasteiger partial charge in [-0.1, -0.05) is 15.9 Å². The number of alkyl halides is 1. The molecule has 0 aromatic heterocycles. The molecular formula is C12H13BrO3. The van der Waals surface area contributed by atoms with Crippen LogP contribution >= 0.6 is 15.9 Å². The van der Waals surface area contributed by atoms with Gasteiger partial charge in [-0.25, -0.2) is 0 Å². The Hall–Kier alpha value is 0.360. The third-order valence-corrected chi connectivity index (χ3v) is 8.42. The van der Waals surface area contributed by atoms with Crippen LogP contribution in [0.3, 0.4) is 0 Å². The van der Waals surface area contributed by atoms with Crippen LogP contribution in [0.15, 0.2) is 0 Å². The van der Waals surface area contributed by atoms with E-state index in [2.05, 4.69) is 15.9 Å². The van der Waals surface area contributed by atoms with E-state index < -0.39 is 0 Å². The first-order valence-corrected chi connectivity index (χ1v) is 7.12. The zero-order valence-electron chi connectivity index (χ0n) is 8.73. The highest BCUT2D eigenvalue weighted by Gasteiger charge is 3.08. The molecule has 1 aliphatic heterocycles. The number of ether oxygens (including phenoxy) is 2. The Morgan fingerprint density at radius 1 is 1.12 bits per heavy atom. The van der Waals surface area contributed by atoms with Crippen molar-refractivity contribution in [3.63, 3.8) is 0 Å². The van der Waals surface area contributed by atoms with Gasteiger partial charge in [-0.3, -0.25) is 0 Å². The van der Waals surface area contributed by atoms with E-state index in [1.54, 1.807) is 0 Å². The lowest BCUT2D eigenvalue weighted by molar-refractivity contribution is -0.193. The van der Waals surface area contributed by atoms with E-state index in [1.165, 1.54) is 0 Å². The minimum Gasteiger partial charge on any atom is -0.396 e. The predicted octanol–water partition coefficient (Wildman–Crippen LogP) is 0.607. The number of aliphatic hydroxyl groups is 1. The fraction of sp³-hybridized carbons (Fsp3) is 1.00. The summed E-state index contributed by atoms with van der Waals surface area (Å²) in [5.41, 5.74) is 0.282. The lowest BCUT2D eigenvalue weighted by Gasteiger charge is -2.37. The monoisotopic (exact) mass is 284 g/mol. The SMILES string of the molecule is OC[C@]12[C@@H]3[C@@H]4[C@H]5[C@@H]1[C@H]2[C@@](Br)([C@@H]43)C51OCCO1. The van der Waals surface area contributed by atoms with Gasteiger partial charge in [0.2, 0.25) is 0 Å². The maximum atomic E-state index is 9.74. The van der Waals surface area contributed by atoms with Gasteiger partial charge in [-0.05, 0) is 29.6 Å². The molecule has 4 heteroatoms. The summed E-state index contributed by atoms with van der Waals surface area (Å²) in [6.45, 7) is 1.89. The van der Waals surface area contributed by atoms with E-state index in [9.17, 15) is 5.11 Å². The van der Waals surface area contributed by atoms with Crippen molar-refractivity contribution in [2.75, 3.05) is 19.8 Å². The molecular weight excluding hydrogens is 272 g/mol. The highest BCUT2D eigenvalue weighted by atomic mass is 79.9. The largest absolute Gasteiger partial charge is 0.396 e. The van der Waals surface area contributed by atoms with Crippen LogP contribution in [0.2, 0.25) is 0 Å². The quantitative estimate of drug-likeness (QED) is 0.717. The Morgan fingerprint density at radius 3 is 2.31 bits per heavy atom. The molecule has 86 valence electrons. The van der Waals surface area contributed by atoms with Gasteiger partial charge in [0, 0.05) is 17.9 Å². The summed E-state index contributed by atoms with van der Waals surface area (Å²) < 4.78 is 12.1. The Labute approximate surface area is 102 Å². The van der Waals surface area contributed by atoms with Crippen LogP contribution in [-0.2, 0) is 9.47 Å². The fourth-order valence-electron chi connectivity index (χ4n) is 6.92. The van der Waals surface area contributed by atoms with Crippen molar-refractivity contribution < 1.29 is 14.6 Å². The zero-order valence-corrected chi connectivity index (χ0v) is 10.3. The minimum atomic E-state index is -0.302. The van der Waals surface area contributed by atoms with E-state index in [0.717, 1.165) is 31.0 Å². The molecule has 7 fully saturated rings. The van der Waals surface area contributed by atoms with Crippen molar-refractivity contribution in [3.05, 3.63) is 0 Å². The molecule has 7 aliphatic rings. The molecule has 0 aromatic carbocycles. The smallest absolute Gasteiger partial charge is 0.187 e. The van der Waals surface area contributed by atoms with Crippen molar-refractivity contribution in [3.8, 4) is 0 Å². The molecule has 3 nitrogen and oxygen atoms in total. The molecule has 6 aliphatic carbocycles. The van der Waals surface area contributed by atoms with E-state index in [4.69, 9.17) is 9.47 Å². The van der Waals surface area contributed by atoms with Gasteiger partial charge in [0.05, 0.1) is 17.5 Å². The van der Waals surface area contributed by atoms with Gasteiger partial charge < -0.3 is 14.6 Å². The third kappa shape index (κ3) is 0.428.